The van der Waals surface area contributed by atoms with Gasteiger partial charge in [0.05, 0.1) is 0 Å². The molecule has 0 aliphatic heterocycles. The van der Waals surface area contributed by atoms with Gasteiger partial charge in [0.25, 0.3) is 0 Å². The van der Waals surface area contributed by atoms with Crippen LogP contribution in [0.25, 0.3) is 0 Å². The molecule has 0 saturated heterocycles. The van der Waals surface area contributed by atoms with Gasteiger partial charge in [0.2, 0.25) is 0 Å². The molecular weight excluding hydrogens is 615 g/mol. The summed E-state index contributed by atoms with van der Waals surface area (Å²) in [4.78, 5) is 0. The van der Waals surface area contributed by atoms with Gasteiger partial charge in [-0.3, -0.25) is 0 Å². The summed E-state index contributed by atoms with van der Waals surface area (Å²) in [6.07, 6.45) is 11.0. The Hall–Kier alpha value is -1.06. The maximum Gasteiger partial charge on any atom is -1.00 e. The zero-order chi connectivity index (χ0) is 27.0. The predicted octanol–water partition coefficient (Wildman–Crippen LogP) is -0.993. The van der Waals surface area contributed by atoms with Gasteiger partial charge >= 0.3 is 245 Å². The van der Waals surface area contributed by atoms with Gasteiger partial charge in [-0.15, -0.1) is 0 Å². The first kappa shape index (κ1) is 36.1. The molecule has 0 amide bonds. The molecule has 1 fully saturated rings. The molecule has 4 atom stereocenters. The standard InChI is InChI=1S/C36H43Si.3ClH.Ti/c1-25(2)29-13-9-16-32(22-29)37(33-17-10-14-30(23-33)26(3)4,34-18-11-15-31(24-34)27(5)6)36-21-20-28-12-7-8-19-35(28)36;;;;/h7-19,21-28,35-36H,20H2,1-6H3;3*1H;/q;;;;+3/p-3. The van der Waals surface area contributed by atoms with Gasteiger partial charge in [0, 0.05) is 0 Å². The molecule has 0 aromatic heterocycles. The molecule has 3 aromatic rings. The first-order valence-electron chi connectivity index (χ1n) is 14.6. The normalized spacial score (nSPS) is 21.3. The van der Waals surface area contributed by atoms with Crippen LogP contribution in [0.2, 0.25) is 9.76 Å². The second-order valence-corrected chi connectivity index (χ2v) is 17.7. The first-order chi connectivity index (χ1) is 18.2. The summed E-state index contributed by atoms with van der Waals surface area (Å²) >= 11 is 2.55. The van der Waals surface area contributed by atoms with Crippen LogP contribution in [0.5, 0.6) is 0 Å². The average molecular weight is 658 g/mol. The molecule has 0 radical (unpaired) electrons. The largest absolute Gasteiger partial charge is 1.00 e. The molecule has 216 valence electrons. The van der Waals surface area contributed by atoms with E-state index in [1.807, 2.05) is 0 Å². The van der Waals surface area contributed by atoms with Crippen LogP contribution >= 0.6 is 0 Å². The van der Waals surface area contributed by atoms with E-state index in [4.69, 9.17) is 0 Å². The summed E-state index contributed by atoms with van der Waals surface area (Å²) < 4.78 is 0.650. The van der Waals surface area contributed by atoms with Crippen LogP contribution in [-0.2, 0) is 20.4 Å². The van der Waals surface area contributed by atoms with Gasteiger partial charge in [-0.05, 0) is 0 Å². The number of hydrogen-bond donors (Lipinski definition) is 0. The van der Waals surface area contributed by atoms with Crippen molar-refractivity contribution in [2.75, 3.05) is 0 Å². The Bertz CT molecular complexity index is 1220. The van der Waals surface area contributed by atoms with Gasteiger partial charge in [-0.2, -0.15) is 0 Å². The van der Waals surface area contributed by atoms with Crippen molar-refractivity contribution >= 4 is 23.6 Å². The number of halogens is 3. The van der Waals surface area contributed by atoms with Gasteiger partial charge in [-0.25, -0.2) is 0 Å². The van der Waals surface area contributed by atoms with E-state index in [-0.39, 0.29) is 37.2 Å². The molecule has 0 N–H and O–H groups in total. The number of allylic oxidation sites excluding steroid dienone is 4. The smallest absolute Gasteiger partial charge is 1.00 e. The zero-order valence-electron chi connectivity index (χ0n) is 25.1. The van der Waals surface area contributed by atoms with Crippen LogP contribution < -0.4 is 52.8 Å². The Morgan fingerprint density at radius 3 is 1.39 bits per heavy atom. The van der Waals surface area contributed by atoms with Crippen LogP contribution in [0.15, 0.2) is 97.1 Å². The molecule has 1 saturated carbocycles. The second-order valence-electron chi connectivity index (χ2n) is 12.5. The first-order valence-corrected chi connectivity index (χ1v) is 17.6. The van der Waals surface area contributed by atoms with Gasteiger partial charge < -0.3 is 37.2 Å². The van der Waals surface area contributed by atoms with Gasteiger partial charge in [-0.1, -0.05) is 0 Å². The zero-order valence-corrected chi connectivity index (χ0v) is 29.9. The van der Waals surface area contributed by atoms with Crippen molar-refractivity contribution in [1.82, 2.24) is 0 Å². The van der Waals surface area contributed by atoms with E-state index in [1.54, 1.807) is 15.6 Å². The Labute approximate surface area is 280 Å². The van der Waals surface area contributed by atoms with E-state index in [0.29, 0.717) is 39.4 Å². The summed E-state index contributed by atoms with van der Waals surface area (Å²) in [5.74, 6) is 2.75. The van der Waals surface area contributed by atoms with Crippen LogP contribution in [0.1, 0.15) is 82.4 Å². The quantitative estimate of drug-likeness (QED) is 0.226. The third-order valence-corrected chi connectivity index (χ3v) is 16.1. The van der Waals surface area contributed by atoms with E-state index in [9.17, 15) is 0 Å². The predicted molar refractivity (Wildman–Crippen MR) is 164 cm³/mol. The van der Waals surface area contributed by atoms with Gasteiger partial charge in [0.1, 0.15) is 0 Å². The van der Waals surface area contributed by atoms with Crippen molar-refractivity contribution in [3.63, 3.8) is 0 Å². The molecule has 0 bridgehead atoms. The minimum absolute atomic E-state index is 0. The third-order valence-electron chi connectivity index (χ3n) is 9.20. The second kappa shape index (κ2) is 15.1. The Balaban J connectivity index is 0.00000196. The molecule has 0 nitrogen and oxygen atoms in total. The summed E-state index contributed by atoms with van der Waals surface area (Å²) in [7, 11) is -2.48. The van der Waals surface area contributed by atoms with Crippen LogP contribution in [-0.4, -0.2) is 8.07 Å². The molecular formula is C36H43Cl3SiTi. The molecule has 41 heavy (non-hydrogen) atoms. The van der Waals surface area contributed by atoms with E-state index in [1.165, 1.54) is 23.1 Å². The average Bonchev–Trinajstić information content (AvgIpc) is 3.26. The SMILES string of the molecule is CC(C)c1cccc([Si](c2cccc(C(C)C)c2)(c2cccc(C(C)C)c2)C2[CH]([Ti+3])CC3C=CC=CC32)c1.[Cl-].[Cl-].[Cl-]. The van der Waals surface area contributed by atoms with Crippen molar-refractivity contribution in [3.8, 4) is 0 Å². The van der Waals surface area contributed by atoms with Gasteiger partial charge in [0.15, 0.2) is 0 Å². The number of rotatable bonds is 7. The fourth-order valence-corrected chi connectivity index (χ4v) is 15.1. The summed E-state index contributed by atoms with van der Waals surface area (Å²) in [6.45, 7) is 14.0. The van der Waals surface area contributed by atoms with Crippen molar-refractivity contribution < 1.29 is 57.7 Å². The monoisotopic (exact) mass is 656 g/mol. The van der Waals surface area contributed by atoms with Crippen LogP contribution in [0.4, 0.5) is 0 Å². The maximum absolute atomic E-state index is 2.60. The van der Waals surface area contributed by atoms with E-state index < -0.39 is 8.07 Å². The fourth-order valence-electron chi connectivity index (χ4n) is 7.10. The Morgan fingerprint density at radius 2 is 1.00 bits per heavy atom. The summed E-state index contributed by atoms with van der Waals surface area (Å²) in [6, 6.07) is 29.3. The molecule has 2 aliphatic carbocycles. The number of fused-ring (bicyclic) bond motifs is 1. The minimum atomic E-state index is -2.48. The fraction of sp³-hybridized carbons (Fsp3) is 0.389. The van der Waals surface area contributed by atoms with Crippen molar-refractivity contribution in [3.05, 3.63) is 114 Å². The number of hydrogen-bond acceptors (Lipinski definition) is 0. The third kappa shape index (κ3) is 6.87. The van der Waals surface area contributed by atoms with E-state index in [2.05, 4.69) is 159 Å². The molecule has 2 aliphatic rings. The van der Waals surface area contributed by atoms with Crippen LogP contribution in [0, 0.1) is 11.8 Å². The van der Waals surface area contributed by atoms with Crippen LogP contribution in [0.3, 0.4) is 0 Å². The van der Waals surface area contributed by atoms with Crippen molar-refractivity contribution in [1.29, 1.82) is 0 Å². The molecule has 0 spiro atoms. The molecule has 3 aromatic carbocycles. The molecule has 5 rings (SSSR count). The maximum atomic E-state index is 2.60. The number of benzene rings is 3. The molecule has 5 heteroatoms. The topological polar surface area (TPSA) is 0 Å². The Morgan fingerprint density at radius 1 is 0.610 bits per heavy atom. The summed E-state index contributed by atoms with van der Waals surface area (Å²) in [5.41, 5.74) is 4.97. The molecule has 0 heterocycles. The van der Waals surface area contributed by atoms with E-state index >= 15 is 0 Å². The van der Waals surface area contributed by atoms with Crippen molar-refractivity contribution in [2.24, 2.45) is 11.8 Å². The molecule has 4 unspecified atom stereocenters. The van der Waals surface area contributed by atoms with Crippen molar-refractivity contribution in [2.45, 2.75) is 75.5 Å². The Kier molecular flexibility index (Phi) is 13.3. The minimum Gasteiger partial charge on any atom is -1.00 e. The van der Waals surface area contributed by atoms with E-state index in [0.717, 1.165) is 0 Å². The summed E-state index contributed by atoms with van der Waals surface area (Å²) in [5, 5.41) is 4.77.